The maximum Gasteiger partial charge on any atom is 0.225 e. The Kier molecular flexibility index (Phi) is 6.47. The molecule has 0 saturated heterocycles. The third-order valence-electron chi connectivity index (χ3n) is 3.89. The predicted molar refractivity (Wildman–Crippen MR) is 107 cm³/mol. The fourth-order valence-corrected chi connectivity index (χ4v) is 3.93. The Hall–Kier alpha value is -1.59. The molecule has 0 atom stereocenters. The van der Waals surface area contributed by atoms with Crippen LogP contribution in [0.1, 0.15) is 46.4 Å². The fraction of sp³-hybridized carbons (Fsp3) is 0.400. The molecular weight excluding hydrogens is 350 g/mol. The van der Waals surface area contributed by atoms with Crippen LogP contribution in [-0.2, 0) is 11.3 Å². The van der Waals surface area contributed by atoms with E-state index in [1.54, 1.807) is 11.8 Å². The SMILES string of the molecule is Cc1ccc(SCC(=O)c2ccc(CNC(=O)C(C)(C)C)s2)cc1C. The Morgan fingerprint density at radius 3 is 2.44 bits per heavy atom. The second-order valence-electron chi connectivity index (χ2n) is 7.16. The molecule has 2 aromatic rings. The van der Waals surface area contributed by atoms with E-state index in [1.165, 1.54) is 22.5 Å². The van der Waals surface area contributed by atoms with Gasteiger partial charge in [0.1, 0.15) is 0 Å². The van der Waals surface area contributed by atoms with Crippen LogP contribution >= 0.6 is 23.1 Å². The van der Waals surface area contributed by atoms with Gasteiger partial charge in [-0.05, 0) is 49.2 Å². The van der Waals surface area contributed by atoms with Gasteiger partial charge in [-0.3, -0.25) is 9.59 Å². The van der Waals surface area contributed by atoms with Gasteiger partial charge in [0.25, 0.3) is 0 Å². The summed E-state index contributed by atoms with van der Waals surface area (Å²) in [6, 6.07) is 10.0. The number of benzene rings is 1. The summed E-state index contributed by atoms with van der Waals surface area (Å²) in [7, 11) is 0. The number of hydrogen-bond donors (Lipinski definition) is 1. The first-order valence-corrected chi connectivity index (χ1v) is 10.1. The normalized spacial score (nSPS) is 11.4. The van der Waals surface area contributed by atoms with Crippen LogP contribution in [0, 0.1) is 19.3 Å². The lowest BCUT2D eigenvalue weighted by molar-refractivity contribution is -0.128. The zero-order valence-corrected chi connectivity index (χ0v) is 17.1. The lowest BCUT2D eigenvalue weighted by atomic mass is 9.96. The molecule has 2 rings (SSSR count). The largest absolute Gasteiger partial charge is 0.351 e. The van der Waals surface area contributed by atoms with Crippen molar-refractivity contribution < 1.29 is 9.59 Å². The summed E-state index contributed by atoms with van der Waals surface area (Å²) in [6.45, 7) is 10.3. The quantitative estimate of drug-likeness (QED) is 0.571. The maximum atomic E-state index is 12.4. The average molecular weight is 376 g/mol. The van der Waals surface area contributed by atoms with Crippen molar-refractivity contribution in [1.82, 2.24) is 5.32 Å². The summed E-state index contributed by atoms with van der Waals surface area (Å²) in [5.74, 6) is 0.567. The number of carbonyl (C=O) groups is 2. The van der Waals surface area contributed by atoms with Gasteiger partial charge in [0.2, 0.25) is 5.91 Å². The van der Waals surface area contributed by atoms with Crippen LogP contribution in [0.5, 0.6) is 0 Å². The molecule has 0 radical (unpaired) electrons. The number of ketones is 1. The number of thioether (sulfide) groups is 1. The number of rotatable bonds is 6. The minimum atomic E-state index is -0.404. The van der Waals surface area contributed by atoms with Crippen LogP contribution in [-0.4, -0.2) is 17.4 Å². The molecule has 134 valence electrons. The van der Waals surface area contributed by atoms with Crippen LogP contribution < -0.4 is 5.32 Å². The van der Waals surface area contributed by atoms with Gasteiger partial charge < -0.3 is 5.32 Å². The molecule has 0 unspecified atom stereocenters. The van der Waals surface area contributed by atoms with Crippen molar-refractivity contribution >= 4 is 34.8 Å². The number of nitrogens with one attached hydrogen (secondary N) is 1. The Morgan fingerprint density at radius 2 is 1.80 bits per heavy atom. The molecule has 1 aromatic heterocycles. The van der Waals surface area contributed by atoms with Crippen molar-refractivity contribution in [1.29, 1.82) is 0 Å². The first-order chi connectivity index (χ1) is 11.7. The van der Waals surface area contributed by atoms with E-state index in [4.69, 9.17) is 0 Å². The predicted octanol–water partition coefficient (Wildman–Crippen LogP) is 5.00. The van der Waals surface area contributed by atoms with Gasteiger partial charge >= 0.3 is 0 Å². The molecule has 1 aromatic carbocycles. The third kappa shape index (κ3) is 5.72. The van der Waals surface area contributed by atoms with E-state index in [-0.39, 0.29) is 11.7 Å². The van der Waals surface area contributed by atoms with Crippen LogP contribution in [0.25, 0.3) is 0 Å². The van der Waals surface area contributed by atoms with Crippen molar-refractivity contribution in [3.63, 3.8) is 0 Å². The molecule has 5 heteroatoms. The molecule has 0 aliphatic rings. The van der Waals surface area contributed by atoms with E-state index in [9.17, 15) is 9.59 Å². The molecule has 0 fully saturated rings. The van der Waals surface area contributed by atoms with Crippen molar-refractivity contribution in [2.24, 2.45) is 5.41 Å². The van der Waals surface area contributed by atoms with Gasteiger partial charge in [0.05, 0.1) is 17.2 Å². The van der Waals surface area contributed by atoms with Crippen LogP contribution in [0.15, 0.2) is 35.2 Å². The Morgan fingerprint density at radius 1 is 1.08 bits per heavy atom. The lowest BCUT2D eigenvalue weighted by Crippen LogP contribution is -2.34. The molecule has 1 heterocycles. The van der Waals surface area contributed by atoms with E-state index in [2.05, 4.69) is 37.4 Å². The highest BCUT2D eigenvalue weighted by molar-refractivity contribution is 8.00. The van der Waals surface area contributed by atoms with Crippen molar-refractivity contribution in [3.8, 4) is 0 Å². The molecule has 3 nitrogen and oxygen atoms in total. The van der Waals surface area contributed by atoms with Crippen LogP contribution in [0.3, 0.4) is 0 Å². The van der Waals surface area contributed by atoms with Gasteiger partial charge in [0, 0.05) is 15.2 Å². The minimum absolute atomic E-state index is 0.0130. The molecule has 0 aliphatic carbocycles. The molecular formula is C20H25NO2S2. The third-order valence-corrected chi connectivity index (χ3v) is 6.01. The molecule has 0 bridgehead atoms. The van der Waals surface area contributed by atoms with Gasteiger partial charge in [-0.2, -0.15) is 0 Å². The summed E-state index contributed by atoms with van der Waals surface area (Å²) in [5, 5.41) is 2.92. The van der Waals surface area contributed by atoms with Crippen LogP contribution in [0.4, 0.5) is 0 Å². The topological polar surface area (TPSA) is 46.2 Å². The van der Waals surface area contributed by atoms with E-state index in [1.807, 2.05) is 32.9 Å². The summed E-state index contributed by atoms with van der Waals surface area (Å²) in [6.07, 6.45) is 0. The number of hydrogen-bond acceptors (Lipinski definition) is 4. The van der Waals surface area contributed by atoms with Crippen molar-refractivity contribution in [2.75, 3.05) is 5.75 Å². The standard InChI is InChI=1S/C20H25NO2S2/c1-13-6-7-15(10-14(13)2)24-12-17(22)18-9-8-16(25-18)11-21-19(23)20(3,4)5/h6-10H,11-12H2,1-5H3,(H,21,23). The zero-order chi connectivity index (χ0) is 18.6. The number of carbonyl (C=O) groups excluding carboxylic acids is 2. The smallest absolute Gasteiger partial charge is 0.225 e. The van der Waals surface area contributed by atoms with E-state index >= 15 is 0 Å². The zero-order valence-electron chi connectivity index (χ0n) is 15.4. The van der Waals surface area contributed by atoms with Crippen molar-refractivity contribution in [3.05, 3.63) is 51.2 Å². The first kappa shape index (κ1) is 19.7. The summed E-state index contributed by atoms with van der Waals surface area (Å²) < 4.78 is 0. The number of Topliss-reactive ketones (excluding diaryl/α,β-unsaturated/α-hetero) is 1. The molecule has 0 spiro atoms. The Labute approximate surface area is 158 Å². The highest BCUT2D eigenvalue weighted by Gasteiger charge is 2.21. The number of aryl methyl sites for hydroxylation is 2. The molecule has 0 saturated carbocycles. The average Bonchev–Trinajstić information content (AvgIpc) is 3.01. The van der Waals surface area contributed by atoms with Crippen molar-refractivity contribution in [2.45, 2.75) is 46.1 Å². The molecule has 1 amide bonds. The van der Waals surface area contributed by atoms with Crippen LogP contribution in [0.2, 0.25) is 0 Å². The van der Waals surface area contributed by atoms with Gasteiger partial charge in [-0.25, -0.2) is 0 Å². The molecule has 1 N–H and O–H groups in total. The summed E-state index contributed by atoms with van der Waals surface area (Å²) in [5.41, 5.74) is 2.10. The second-order valence-corrected chi connectivity index (χ2v) is 9.37. The number of amides is 1. The maximum absolute atomic E-state index is 12.4. The summed E-state index contributed by atoms with van der Waals surface area (Å²) in [4.78, 5) is 27.2. The highest BCUT2D eigenvalue weighted by atomic mass is 32.2. The minimum Gasteiger partial charge on any atom is -0.351 e. The van der Waals surface area contributed by atoms with E-state index in [0.29, 0.717) is 12.3 Å². The van der Waals surface area contributed by atoms with E-state index in [0.717, 1.165) is 14.6 Å². The summed E-state index contributed by atoms with van der Waals surface area (Å²) >= 11 is 3.02. The first-order valence-electron chi connectivity index (χ1n) is 8.27. The Bertz CT molecular complexity index is 772. The molecule has 25 heavy (non-hydrogen) atoms. The monoisotopic (exact) mass is 375 g/mol. The van der Waals surface area contributed by atoms with Gasteiger partial charge in [-0.1, -0.05) is 26.8 Å². The number of thiophene rings is 1. The van der Waals surface area contributed by atoms with Gasteiger partial charge in [0.15, 0.2) is 5.78 Å². The molecule has 0 aliphatic heterocycles. The lowest BCUT2D eigenvalue weighted by Gasteiger charge is -2.17. The Balaban J connectivity index is 1.89. The fourth-order valence-electron chi connectivity index (χ4n) is 2.08. The highest BCUT2D eigenvalue weighted by Crippen LogP contribution is 2.24. The van der Waals surface area contributed by atoms with E-state index < -0.39 is 5.41 Å². The second kappa shape index (κ2) is 8.19. The van der Waals surface area contributed by atoms with Gasteiger partial charge in [-0.15, -0.1) is 23.1 Å².